The van der Waals surface area contributed by atoms with Gasteiger partial charge < -0.3 is 5.32 Å². The summed E-state index contributed by atoms with van der Waals surface area (Å²) in [7, 11) is -5.76. The van der Waals surface area contributed by atoms with E-state index in [9.17, 15) is 21.6 Å². The molecular formula is C23H24N2O5S2. The zero-order chi connectivity index (χ0) is 23.5. The Balaban J connectivity index is 1.86. The van der Waals surface area contributed by atoms with E-state index in [4.69, 9.17) is 0 Å². The summed E-state index contributed by atoms with van der Waals surface area (Å²) in [6.45, 7) is 1.76. The molecule has 0 fully saturated rings. The minimum Gasteiger partial charge on any atom is -0.345 e. The van der Waals surface area contributed by atoms with Crippen molar-refractivity contribution in [1.82, 2.24) is 5.32 Å². The molecule has 0 saturated carbocycles. The number of amides is 1. The van der Waals surface area contributed by atoms with Gasteiger partial charge in [-0.2, -0.15) is 0 Å². The second kappa shape index (κ2) is 9.13. The Morgan fingerprint density at radius 2 is 1.38 bits per heavy atom. The van der Waals surface area contributed by atoms with E-state index in [0.717, 1.165) is 10.6 Å². The number of hydrogen-bond acceptors (Lipinski definition) is 5. The molecule has 1 amide bonds. The van der Waals surface area contributed by atoms with E-state index in [1.807, 2.05) is 0 Å². The van der Waals surface area contributed by atoms with Crippen LogP contribution in [0.2, 0.25) is 0 Å². The molecule has 0 aromatic heterocycles. The molecular weight excluding hydrogens is 448 g/mol. The second-order valence-electron chi connectivity index (χ2n) is 7.34. The van der Waals surface area contributed by atoms with Crippen LogP contribution in [-0.2, 0) is 19.9 Å². The van der Waals surface area contributed by atoms with Crippen LogP contribution in [0.5, 0.6) is 0 Å². The third-order valence-corrected chi connectivity index (χ3v) is 7.96. The number of carbonyl (C=O) groups is 1. The molecule has 0 saturated heterocycles. The highest BCUT2D eigenvalue weighted by molar-refractivity contribution is 7.92. The van der Waals surface area contributed by atoms with Crippen LogP contribution in [-0.4, -0.2) is 36.0 Å². The molecule has 0 unspecified atom stereocenters. The first-order valence-corrected chi connectivity index (χ1v) is 13.1. The van der Waals surface area contributed by atoms with Gasteiger partial charge in [-0.3, -0.25) is 9.10 Å². The highest BCUT2D eigenvalue weighted by Crippen LogP contribution is 2.26. The molecule has 1 atom stereocenters. The van der Waals surface area contributed by atoms with Gasteiger partial charge in [0.2, 0.25) is 0 Å². The van der Waals surface area contributed by atoms with Crippen LogP contribution >= 0.6 is 0 Å². The third kappa shape index (κ3) is 5.00. The number of sulfone groups is 1. The normalized spacial score (nSPS) is 12.7. The second-order valence-corrected chi connectivity index (χ2v) is 11.3. The predicted octanol–water partition coefficient (Wildman–Crippen LogP) is 3.41. The first kappa shape index (κ1) is 23.5. The predicted molar refractivity (Wildman–Crippen MR) is 124 cm³/mol. The van der Waals surface area contributed by atoms with Gasteiger partial charge in [-0.1, -0.05) is 42.5 Å². The number of para-hydroxylation sites is 1. The van der Waals surface area contributed by atoms with Crippen molar-refractivity contribution in [1.29, 1.82) is 0 Å². The fraction of sp³-hybridized carbons (Fsp3) is 0.174. The molecule has 1 N–H and O–H groups in total. The van der Waals surface area contributed by atoms with Gasteiger partial charge in [0.15, 0.2) is 9.84 Å². The van der Waals surface area contributed by atoms with E-state index >= 15 is 0 Å². The number of nitrogens with zero attached hydrogens (tertiary/aromatic N) is 1. The molecule has 0 bridgehead atoms. The molecule has 9 heteroatoms. The Morgan fingerprint density at radius 3 is 1.97 bits per heavy atom. The lowest BCUT2D eigenvalue weighted by Gasteiger charge is -2.23. The summed E-state index contributed by atoms with van der Waals surface area (Å²) >= 11 is 0. The average Bonchev–Trinajstić information content (AvgIpc) is 2.78. The van der Waals surface area contributed by atoms with E-state index in [0.29, 0.717) is 5.56 Å². The van der Waals surface area contributed by atoms with Gasteiger partial charge in [0.1, 0.15) is 0 Å². The fourth-order valence-corrected chi connectivity index (χ4v) is 5.05. The van der Waals surface area contributed by atoms with E-state index in [1.165, 1.54) is 31.3 Å². The summed E-state index contributed by atoms with van der Waals surface area (Å²) in [4.78, 5) is 13.3. The molecule has 0 radical (unpaired) electrons. The lowest BCUT2D eigenvalue weighted by atomic mass is 10.1. The van der Waals surface area contributed by atoms with E-state index < -0.39 is 31.8 Å². The van der Waals surface area contributed by atoms with Gasteiger partial charge in [0.25, 0.3) is 15.9 Å². The monoisotopic (exact) mass is 472 g/mol. The highest BCUT2D eigenvalue weighted by Gasteiger charge is 2.25. The highest BCUT2D eigenvalue weighted by atomic mass is 32.2. The molecule has 0 spiro atoms. The van der Waals surface area contributed by atoms with E-state index in [-0.39, 0.29) is 21.0 Å². The summed E-state index contributed by atoms with van der Waals surface area (Å²) in [5, 5.41) is 2.85. The molecule has 0 aliphatic rings. The van der Waals surface area contributed by atoms with Crippen molar-refractivity contribution in [3.8, 4) is 0 Å². The maximum atomic E-state index is 13.0. The molecule has 0 aliphatic heterocycles. The minimum atomic E-state index is -3.85. The molecule has 0 aliphatic carbocycles. The smallest absolute Gasteiger partial charge is 0.264 e. The lowest BCUT2D eigenvalue weighted by molar-refractivity contribution is 0.0940. The molecule has 32 heavy (non-hydrogen) atoms. The maximum Gasteiger partial charge on any atom is 0.264 e. The van der Waals surface area contributed by atoms with E-state index in [1.54, 1.807) is 61.5 Å². The molecule has 7 nitrogen and oxygen atoms in total. The zero-order valence-electron chi connectivity index (χ0n) is 17.9. The van der Waals surface area contributed by atoms with Crippen molar-refractivity contribution in [3.63, 3.8) is 0 Å². The topological polar surface area (TPSA) is 101 Å². The third-order valence-electron chi connectivity index (χ3n) is 5.05. The van der Waals surface area contributed by atoms with Gasteiger partial charge >= 0.3 is 0 Å². The number of rotatable bonds is 7. The zero-order valence-corrected chi connectivity index (χ0v) is 19.5. The molecule has 3 aromatic rings. The van der Waals surface area contributed by atoms with Crippen LogP contribution in [0.3, 0.4) is 0 Å². The van der Waals surface area contributed by atoms with Crippen molar-refractivity contribution < 1.29 is 21.6 Å². The summed E-state index contributed by atoms with van der Waals surface area (Å²) in [5.74, 6) is -0.449. The number of benzene rings is 3. The Morgan fingerprint density at radius 1 is 0.812 bits per heavy atom. The molecule has 3 aromatic carbocycles. The summed E-state index contributed by atoms with van der Waals surface area (Å²) in [6, 6.07) is 20.3. The standard InChI is InChI=1S/C23H24N2O5S2/c1-17(18-13-15-19(16-14-18)31(3,27)28)24-23(26)21-11-7-8-12-22(21)25(2)32(29,30)20-9-5-4-6-10-20/h4-17H,1-3H3,(H,24,26)/t17-/m1/s1. The first-order chi connectivity index (χ1) is 15.0. The number of hydrogen-bond donors (Lipinski definition) is 1. The summed E-state index contributed by atoms with van der Waals surface area (Å²) in [5.41, 5.74) is 1.16. The largest absolute Gasteiger partial charge is 0.345 e. The van der Waals surface area contributed by atoms with Crippen LogP contribution in [0.1, 0.15) is 28.9 Å². The van der Waals surface area contributed by atoms with Crippen molar-refractivity contribution in [2.24, 2.45) is 0 Å². The Kier molecular flexibility index (Phi) is 6.71. The Labute approximate surface area is 188 Å². The average molecular weight is 473 g/mol. The molecule has 168 valence electrons. The molecule has 0 heterocycles. The van der Waals surface area contributed by atoms with Gasteiger partial charge in [-0.25, -0.2) is 16.8 Å². The van der Waals surface area contributed by atoms with Gasteiger partial charge in [0, 0.05) is 13.3 Å². The van der Waals surface area contributed by atoms with Crippen LogP contribution in [0.4, 0.5) is 5.69 Å². The summed E-state index contributed by atoms with van der Waals surface area (Å²) in [6.07, 6.45) is 1.13. The van der Waals surface area contributed by atoms with Crippen LogP contribution in [0.15, 0.2) is 88.7 Å². The Bertz CT molecular complexity index is 1320. The van der Waals surface area contributed by atoms with Gasteiger partial charge in [0.05, 0.1) is 27.1 Å². The molecule has 3 rings (SSSR count). The summed E-state index contributed by atoms with van der Waals surface area (Å²) < 4.78 is 50.4. The number of sulfonamides is 1. The van der Waals surface area contributed by atoms with Crippen molar-refractivity contribution >= 4 is 31.5 Å². The number of nitrogens with one attached hydrogen (secondary N) is 1. The van der Waals surface area contributed by atoms with Gasteiger partial charge in [-0.05, 0) is 48.9 Å². The van der Waals surface area contributed by atoms with Crippen molar-refractivity contribution in [2.45, 2.75) is 22.8 Å². The fourth-order valence-electron chi connectivity index (χ4n) is 3.18. The quantitative estimate of drug-likeness (QED) is 0.568. The number of carbonyl (C=O) groups excluding carboxylic acids is 1. The minimum absolute atomic E-state index is 0.122. The van der Waals surface area contributed by atoms with Crippen LogP contribution in [0.25, 0.3) is 0 Å². The van der Waals surface area contributed by atoms with Crippen LogP contribution < -0.4 is 9.62 Å². The van der Waals surface area contributed by atoms with Gasteiger partial charge in [-0.15, -0.1) is 0 Å². The van der Waals surface area contributed by atoms with E-state index in [2.05, 4.69) is 5.32 Å². The SMILES string of the molecule is C[C@@H](NC(=O)c1ccccc1N(C)S(=O)(=O)c1ccccc1)c1ccc(S(C)(=O)=O)cc1. The van der Waals surface area contributed by atoms with Crippen molar-refractivity contribution in [3.05, 3.63) is 90.0 Å². The lowest BCUT2D eigenvalue weighted by Crippen LogP contribution is -2.31. The number of anilines is 1. The first-order valence-electron chi connectivity index (χ1n) is 9.75. The van der Waals surface area contributed by atoms with Crippen molar-refractivity contribution in [2.75, 3.05) is 17.6 Å². The Hall–Kier alpha value is -3.17. The maximum absolute atomic E-state index is 13.0. The van der Waals surface area contributed by atoms with Crippen LogP contribution in [0, 0.1) is 0 Å².